The van der Waals surface area contributed by atoms with Crippen molar-refractivity contribution < 1.29 is 9.90 Å². The maximum Gasteiger partial charge on any atom is 0.127 e. The highest BCUT2D eigenvalue weighted by Gasteiger charge is 2.47. The molecule has 0 heterocycles. The molecule has 0 bridgehead atoms. The number of aliphatic hydroxyl groups excluding tert-OH is 1. The van der Waals surface area contributed by atoms with Crippen LogP contribution in [-0.2, 0) is 4.79 Å². The SMILES string of the molecule is CCCC1(CCC)C(O)=CC1C=O. The standard InChI is InChI=1S/C11H18O2/c1-3-5-11(6-4-2)9(8-12)7-10(11)13/h7-9,13H,3-6H2,1-2H3. The Bertz CT molecular complexity index is 212. The fourth-order valence-corrected chi connectivity index (χ4v) is 2.35. The molecule has 0 spiro atoms. The van der Waals surface area contributed by atoms with Crippen LogP contribution in [0.4, 0.5) is 0 Å². The molecule has 13 heavy (non-hydrogen) atoms. The van der Waals surface area contributed by atoms with Crippen molar-refractivity contribution in [3.05, 3.63) is 11.8 Å². The molecule has 0 fully saturated rings. The summed E-state index contributed by atoms with van der Waals surface area (Å²) in [4.78, 5) is 10.7. The highest BCUT2D eigenvalue weighted by molar-refractivity contribution is 5.63. The maximum absolute atomic E-state index is 10.7. The second-order valence-electron chi connectivity index (χ2n) is 3.87. The molecule has 1 atom stereocenters. The molecule has 0 aliphatic heterocycles. The molecule has 1 aliphatic carbocycles. The van der Waals surface area contributed by atoms with Gasteiger partial charge in [0.15, 0.2) is 0 Å². The summed E-state index contributed by atoms with van der Waals surface area (Å²) in [6, 6.07) is 0. The van der Waals surface area contributed by atoms with E-state index < -0.39 is 0 Å². The molecule has 0 saturated carbocycles. The van der Waals surface area contributed by atoms with Gasteiger partial charge in [-0.1, -0.05) is 26.7 Å². The summed E-state index contributed by atoms with van der Waals surface area (Å²) < 4.78 is 0. The first-order valence-electron chi connectivity index (χ1n) is 5.07. The highest BCUT2D eigenvalue weighted by atomic mass is 16.3. The second-order valence-corrected chi connectivity index (χ2v) is 3.87. The predicted molar refractivity (Wildman–Crippen MR) is 52.5 cm³/mol. The molecule has 0 amide bonds. The Kier molecular flexibility index (Phi) is 3.12. The Morgan fingerprint density at radius 1 is 1.46 bits per heavy atom. The van der Waals surface area contributed by atoms with Crippen molar-refractivity contribution >= 4 is 6.29 Å². The normalized spacial score (nSPS) is 24.8. The lowest BCUT2D eigenvalue weighted by Crippen LogP contribution is -2.40. The van der Waals surface area contributed by atoms with Crippen LogP contribution in [0.3, 0.4) is 0 Å². The first-order chi connectivity index (χ1) is 6.21. The molecule has 2 heteroatoms. The predicted octanol–water partition coefficient (Wildman–Crippen LogP) is 2.84. The Labute approximate surface area is 79.6 Å². The molecule has 1 rings (SSSR count). The zero-order valence-electron chi connectivity index (χ0n) is 8.42. The van der Waals surface area contributed by atoms with E-state index in [4.69, 9.17) is 0 Å². The van der Waals surface area contributed by atoms with Gasteiger partial charge in [-0.15, -0.1) is 0 Å². The molecule has 1 unspecified atom stereocenters. The second kappa shape index (κ2) is 3.95. The van der Waals surface area contributed by atoms with E-state index in [1.165, 1.54) is 0 Å². The van der Waals surface area contributed by atoms with Crippen molar-refractivity contribution in [2.75, 3.05) is 0 Å². The summed E-state index contributed by atoms with van der Waals surface area (Å²) >= 11 is 0. The van der Waals surface area contributed by atoms with Crippen LogP contribution in [0.5, 0.6) is 0 Å². The van der Waals surface area contributed by atoms with Crippen molar-refractivity contribution in [1.29, 1.82) is 0 Å². The molecular formula is C11H18O2. The number of allylic oxidation sites excluding steroid dienone is 2. The Balaban J connectivity index is 2.78. The molecule has 74 valence electrons. The zero-order chi connectivity index (χ0) is 9.90. The van der Waals surface area contributed by atoms with Gasteiger partial charge in [-0.25, -0.2) is 0 Å². The quantitative estimate of drug-likeness (QED) is 0.664. The third kappa shape index (κ3) is 1.50. The van der Waals surface area contributed by atoms with Crippen molar-refractivity contribution in [2.24, 2.45) is 11.3 Å². The third-order valence-corrected chi connectivity index (χ3v) is 3.02. The number of aldehydes is 1. The minimum absolute atomic E-state index is 0.0487. The number of rotatable bonds is 5. The van der Waals surface area contributed by atoms with Crippen LogP contribution >= 0.6 is 0 Å². The third-order valence-electron chi connectivity index (χ3n) is 3.02. The van der Waals surface area contributed by atoms with E-state index in [1.54, 1.807) is 6.08 Å². The summed E-state index contributed by atoms with van der Waals surface area (Å²) in [6.45, 7) is 4.18. The van der Waals surface area contributed by atoms with Gasteiger partial charge in [0.2, 0.25) is 0 Å². The average Bonchev–Trinajstić information content (AvgIpc) is 2.13. The van der Waals surface area contributed by atoms with Crippen LogP contribution in [0.25, 0.3) is 0 Å². The molecule has 1 N–H and O–H groups in total. The number of carbonyl (C=O) groups excluding carboxylic acids is 1. The first-order valence-corrected chi connectivity index (χ1v) is 5.07. The lowest BCUT2D eigenvalue weighted by molar-refractivity contribution is -0.115. The molecule has 2 nitrogen and oxygen atoms in total. The van der Waals surface area contributed by atoms with Gasteiger partial charge in [0.05, 0.1) is 5.76 Å². The van der Waals surface area contributed by atoms with Crippen LogP contribution in [-0.4, -0.2) is 11.4 Å². The van der Waals surface area contributed by atoms with Crippen molar-refractivity contribution in [1.82, 2.24) is 0 Å². The van der Waals surface area contributed by atoms with Crippen LogP contribution < -0.4 is 0 Å². The average molecular weight is 182 g/mol. The smallest absolute Gasteiger partial charge is 0.127 e. The van der Waals surface area contributed by atoms with E-state index in [9.17, 15) is 9.90 Å². The largest absolute Gasteiger partial charge is 0.512 e. The van der Waals surface area contributed by atoms with E-state index in [0.29, 0.717) is 5.76 Å². The molecule has 0 radical (unpaired) electrons. The minimum atomic E-state index is -0.203. The molecule has 1 aliphatic rings. The van der Waals surface area contributed by atoms with Gasteiger partial charge in [0.25, 0.3) is 0 Å². The maximum atomic E-state index is 10.7. The van der Waals surface area contributed by atoms with E-state index in [1.807, 2.05) is 0 Å². The van der Waals surface area contributed by atoms with Crippen LogP contribution in [0.2, 0.25) is 0 Å². The van der Waals surface area contributed by atoms with Gasteiger partial charge < -0.3 is 9.90 Å². The summed E-state index contributed by atoms with van der Waals surface area (Å²) in [7, 11) is 0. The van der Waals surface area contributed by atoms with Gasteiger partial charge in [0, 0.05) is 11.3 Å². The fraction of sp³-hybridized carbons (Fsp3) is 0.727. The monoisotopic (exact) mass is 182 g/mol. The van der Waals surface area contributed by atoms with Crippen LogP contribution in [0, 0.1) is 11.3 Å². The van der Waals surface area contributed by atoms with Crippen molar-refractivity contribution in [3.63, 3.8) is 0 Å². The van der Waals surface area contributed by atoms with Gasteiger partial charge in [-0.2, -0.15) is 0 Å². The number of hydrogen-bond donors (Lipinski definition) is 1. The molecule has 0 aromatic heterocycles. The van der Waals surface area contributed by atoms with Crippen LogP contribution in [0.1, 0.15) is 39.5 Å². The first kappa shape index (κ1) is 10.3. The van der Waals surface area contributed by atoms with Crippen molar-refractivity contribution in [3.8, 4) is 0 Å². The van der Waals surface area contributed by atoms with Gasteiger partial charge >= 0.3 is 0 Å². The van der Waals surface area contributed by atoms with Gasteiger partial charge in [-0.05, 0) is 18.9 Å². The number of aliphatic hydroxyl groups is 1. The van der Waals surface area contributed by atoms with E-state index >= 15 is 0 Å². The number of hydrogen-bond acceptors (Lipinski definition) is 2. The summed E-state index contributed by atoms with van der Waals surface area (Å²) in [5.74, 6) is 0.390. The zero-order valence-corrected chi connectivity index (χ0v) is 8.42. The van der Waals surface area contributed by atoms with E-state index in [2.05, 4.69) is 13.8 Å². The lowest BCUT2D eigenvalue weighted by atomic mass is 9.61. The molecular weight excluding hydrogens is 164 g/mol. The Hall–Kier alpha value is -0.790. The van der Waals surface area contributed by atoms with Gasteiger partial charge in [0.1, 0.15) is 6.29 Å². The molecule has 0 saturated heterocycles. The topological polar surface area (TPSA) is 37.3 Å². The highest BCUT2D eigenvalue weighted by Crippen LogP contribution is 2.50. The summed E-state index contributed by atoms with van der Waals surface area (Å²) in [5.41, 5.74) is -0.203. The Morgan fingerprint density at radius 3 is 2.31 bits per heavy atom. The van der Waals surface area contributed by atoms with E-state index in [-0.39, 0.29) is 11.3 Å². The lowest BCUT2D eigenvalue weighted by Gasteiger charge is -2.43. The minimum Gasteiger partial charge on any atom is -0.512 e. The Morgan fingerprint density at radius 2 is 2.00 bits per heavy atom. The van der Waals surface area contributed by atoms with Crippen molar-refractivity contribution in [2.45, 2.75) is 39.5 Å². The van der Waals surface area contributed by atoms with Crippen LogP contribution in [0.15, 0.2) is 11.8 Å². The molecule has 0 aromatic carbocycles. The van der Waals surface area contributed by atoms with Gasteiger partial charge in [-0.3, -0.25) is 0 Å². The number of carbonyl (C=O) groups is 1. The summed E-state index contributed by atoms with van der Waals surface area (Å²) in [5, 5.41) is 9.62. The molecule has 0 aromatic rings. The fourth-order valence-electron chi connectivity index (χ4n) is 2.35. The summed E-state index contributed by atoms with van der Waals surface area (Å²) in [6.07, 6.45) is 6.52. The van der Waals surface area contributed by atoms with E-state index in [0.717, 1.165) is 32.0 Å².